The fraction of sp³-hybridized carbons (Fsp3) is 0.154. The molecule has 8 heteroatoms. The molecule has 2 heterocycles. The number of ketones is 1. The number of rotatable bonds is 6. The van der Waals surface area contributed by atoms with Crippen molar-refractivity contribution >= 4 is 39.3 Å². The fourth-order valence-electron chi connectivity index (χ4n) is 4.21. The van der Waals surface area contributed by atoms with Crippen molar-refractivity contribution in [1.82, 2.24) is 14.5 Å². The van der Waals surface area contributed by atoms with E-state index < -0.39 is 0 Å². The van der Waals surface area contributed by atoms with Crippen molar-refractivity contribution in [3.63, 3.8) is 0 Å². The number of hydrogen-bond acceptors (Lipinski definition) is 5. The first-order valence-corrected chi connectivity index (χ1v) is 10.9. The molecule has 0 aliphatic rings. The van der Waals surface area contributed by atoms with Crippen molar-refractivity contribution in [3.05, 3.63) is 70.9 Å². The van der Waals surface area contributed by atoms with Crippen LogP contribution < -0.4 is 14.2 Å². The van der Waals surface area contributed by atoms with Gasteiger partial charge in [-0.1, -0.05) is 11.6 Å². The van der Waals surface area contributed by atoms with Crippen LogP contribution in [0.15, 0.2) is 54.7 Å². The molecule has 0 aliphatic carbocycles. The van der Waals surface area contributed by atoms with Crippen molar-refractivity contribution in [3.8, 4) is 28.6 Å². The van der Waals surface area contributed by atoms with E-state index in [1.807, 2.05) is 54.2 Å². The molecule has 0 bridgehead atoms. The van der Waals surface area contributed by atoms with E-state index in [2.05, 4.69) is 4.98 Å². The molecule has 0 saturated heterocycles. The molecular formula is C26H22ClN3O4. The summed E-state index contributed by atoms with van der Waals surface area (Å²) in [5.74, 6) is 1.83. The maximum absolute atomic E-state index is 13.5. The predicted octanol–water partition coefficient (Wildman–Crippen LogP) is 5.63. The standard InChI is InChI=1S/C26H22ClN3O4/c1-30-13-18(26-28-19-7-6-16(27)12-20(19)29-26)17-9-14(5-8-21(17)30)24(31)15-10-22(32-2)25(34-4)23(11-15)33-3/h5-13H,1-4H3,(H,28,29). The topological polar surface area (TPSA) is 78.4 Å². The van der Waals surface area contributed by atoms with Gasteiger partial charge in [0.05, 0.1) is 32.4 Å². The number of carbonyl (C=O) groups is 1. The van der Waals surface area contributed by atoms with Crippen LogP contribution in [0.5, 0.6) is 17.2 Å². The van der Waals surface area contributed by atoms with E-state index in [-0.39, 0.29) is 5.78 Å². The number of nitrogens with zero attached hydrogens (tertiary/aromatic N) is 2. The Morgan fingerprint density at radius 1 is 0.941 bits per heavy atom. The predicted molar refractivity (Wildman–Crippen MR) is 133 cm³/mol. The molecule has 0 unspecified atom stereocenters. The Balaban J connectivity index is 1.62. The van der Waals surface area contributed by atoms with Crippen LogP contribution in [0.1, 0.15) is 15.9 Å². The number of aryl methyl sites for hydroxylation is 1. The quantitative estimate of drug-likeness (QED) is 0.322. The van der Waals surface area contributed by atoms with Crippen LogP contribution in [-0.2, 0) is 7.05 Å². The molecule has 0 saturated carbocycles. The van der Waals surface area contributed by atoms with Crippen LogP contribution in [0.3, 0.4) is 0 Å². The minimum atomic E-state index is -0.160. The van der Waals surface area contributed by atoms with Crippen LogP contribution in [0.4, 0.5) is 0 Å². The van der Waals surface area contributed by atoms with Crippen molar-refractivity contribution in [1.29, 1.82) is 0 Å². The van der Waals surface area contributed by atoms with E-state index in [1.54, 1.807) is 12.1 Å². The molecule has 1 N–H and O–H groups in total. The van der Waals surface area contributed by atoms with Gasteiger partial charge < -0.3 is 23.8 Å². The van der Waals surface area contributed by atoms with E-state index in [4.69, 9.17) is 30.8 Å². The molecule has 7 nitrogen and oxygen atoms in total. The summed E-state index contributed by atoms with van der Waals surface area (Å²) in [6.07, 6.45) is 2.00. The summed E-state index contributed by atoms with van der Waals surface area (Å²) < 4.78 is 18.2. The van der Waals surface area contributed by atoms with Crippen LogP contribution in [0.2, 0.25) is 5.02 Å². The lowest BCUT2D eigenvalue weighted by Gasteiger charge is -2.13. The van der Waals surface area contributed by atoms with Crippen molar-refractivity contribution in [2.24, 2.45) is 7.05 Å². The number of fused-ring (bicyclic) bond motifs is 2. The smallest absolute Gasteiger partial charge is 0.203 e. The number of aromatic amines is 1. The van der Waals surface area contributed by atoms with E-state index in [1.165, 1.54) is 21.3 Å². The summed E-state index contributed by atoms with van der Waals surface area (Å²) in [6.45, 7) is 0. The average molecular weight is 476 g/mol. The molecule has 5 aromatic rings. The van der Waals surface area contributed by atoms with Crippen LogP contribution in [0, 0.1) is 0 Å². The van der Waals surface area contributed by atoms with E-state index in [0.29, 0.717) is 39.2 Å². The normalized spacial score (nSPS) is 11.2. The van der Waals surface area contributed by atoms with Gasteiger partial charge in [0.25, 0.3) is 0 Å². The Labute approximate surface area is 200 Å². The highest BCUT2D eigenvalue weighted by Crippen LogP contribution is 2.39. The molecule has 172 valence electrons. The Hall–Kier alpha value is -3.97. The van der Waals surface area contributed by atoms with Crippen molar-refractivity contribution in [2.45, 2.75) is 0 Å². The number of hydrogen-bond donors (Lipinski definition) is 1. The zero-order valence-electron chi connectivity index (χ0n) is 19.1. The molecule has 2 aromatic heterocycles. The van der Waals surface area contributed by atoms with E-state index in [0.717, 1.165) is 27.5 Å². The van der Waals surface area contributed by atoms with Crippen LogP contribution >= 0.6 is 11.6 Å². The molecule has 0 aliphatic heterocycles. The maximum Gasteiger partial charge on any atom is 0.203 e. The van der Waals surface area contributed by atoms with Crippen molar-refractivity contribution in [2.75, 3.05) is 21.3 Å². The summed E-state index contributed by atoms with van der Waals surface area (Å²) in [5.41, 5.74) is 4.52. The first kappa shape index (κ1) is 21.9. The average Bonchev–Trinajstić information content (AvgIpc) is 3.42. The molecule has 3 aromatic carbocycles. The monoisotopic (exact) mass is 475 g/mol. The van der Waals surface area contributed by atoms with Gasteiger partial charge in [-0.15, -0.1) is 0 Å². The van der Waals surface area contributed by atoms with Gasteiger partial charge in [0.15, 0.2) is 17.3 Å². The first-order chi connectivity index (χ1) is 16.4. The Bertz CT molecular complexity index is 1540. The third kappa shape index (κ3) is 3.54. The minimum Gasteiger partial charge on any atom is -0.493 e. The van der Waals surface area contributed by atoms with Gasteiger partial charge in [-0.2, -0.15) is 0 Å². The Morgan fingerprint density at radius 2 is 1.68 bits per heavy atom. The zero-order chi connectivity index (χ0) is 24.0. The van der Waals surface area contributed by atoms with Crippen LogP contribution in [0.25, 0.3) is 33.3 Å². The van der Waals surface area contributed by atoms with Gasteiger partial charge in [-0.05, 0) is 48.5 Å². The number of methoxy groups -OCH3 is 3. The number of aromatic nitrogens is 3. The number of halogens is 1. The summed E-state index contributed by atoms with van der Waals surface area (Å²) in [7, 11) is 6.54. The molecule has 34 heavy (non-hydrogen) atoms. The second kappa shape index (κ2) is 8.43. The molecule has 5 rings (SSSR count). The van der Waals surface area contributed by atoms with E-state index in [9.17, 15) is 4.79 Å². The SMILES string of the molecule is COc1cc(C(=O)c2ccc3c(c2)c(-c2nc4ccc(Cl)cc4[nH]2)cn3C)cc(OC)c1OC. The number of nitrogens with one attached hydrogen (secondary N) is 1. The Morgan fingerprint density at radius 3 is 2.35 bits per heavy atom. The maximum atomic E-state index is 13.5. The lowest BCUT2D eigenvalue weighted by Crippen LogP contribution is -2.04. The highest BCUT2D eigenvalue weighted by Gasteiger charge is 2.20. The third-order valence-corrected chi connectivity index (χ3v) is 6.11. The lowest BCUT2D eigenvalue weighted by atomic mass is 10.00. The third-order valence-electron chi connectivity index (χ3n) is 5.88. The minimum absolute atomic E-state index is 0.160. The molecular weight excluding hydrogens is 454 g/mol. The summed E-state index contributed by atoms with van der Waals surface area (Å²) in [5, 5.41) is 1.55. The number of H-pyrrole nitrogens is 1. The van der Waals surface area contributed by atoms with E-state index >= 15 is 0 Å². The summed E-state index contributed by atoms with van der Waals surface area (Å²) in [6, 6.07) is 14.5. The molecule has 0 amide bonds. The highest BCUT2D eigenvalue weighted by atomic mass is 35.5. The van der Waals surface area contributed by atoms with Gasteiger partial charge in [-0.3, -0.25) is 4.79 Å². The second-order valence-electron chi connectivity index (χ2n) is 7.88. The molecule has 0 atom stereocenters. The molecule has 0 radical (unpaired) electrons. The highest BCUT2D eigenvalue weighted by molar-refractivity contribution is 6.31. The Kier molecular flexibility index (Phi) is 5.42. The van der Waals surface area contributed by atoms with Gasteiger partial charge in [-0.25, -0.2) is 4.98 Å². The van der Waals surface area contributed by atoms with Gasteiger partial charge in [0.1, 0.15) is 5.82 Å². The van der Waals surface area contributed by atoms with Gasteiger partial charge in [0, 0.05) is 45.9 Å². The number of carbonyl (C=O) groups excluding carboxylic acids is 1. The molecule has 0 fully saturated rings. The molecule has 0 spiro atoms. The fourth-order valence-corrected chi connectivity index (χ4v) is 4.38. The van der Waals surface area contributed by atoms with Gasteiger partial charge in [0.2, 0.25) is 5.75 Å². The zero-order valence-corrected chi connectivity index (χ0v) is 19.9. The number of imidazole rings is 1. The van der Waals surface area contributed by atoms with Crippen molar-refractivity contribution < 1.29 is 19.0 Å². The van der Waals surface area contributed by atoms with Gasteiger partial charge >= 0.3 is 0 Å². The number of ether oxygens (including phenoxy) is 3. The number of benzene rings is 3. The lowest BCUT2D eigenvalue weighted by molar-refractivity contribution is 0.103. The first-order valence-electron chi connectivity index (χ1n) is 10.5. The summed E-state index contributed by atoms with van der Waals surface area (Å²) >= 11 is 6.13. The summed E-state index contributed by atoms with van der Waals surface area (Å²) in [4.78, 5) is 21.5. The van der Waals surface area contributed by atoms with Crippen LogP contribution in [-0.4, -0.2) is 41.6 Å². The second-order valence-corrected chi connectivity index (χ2v) is 8.31. The largest absolute Gasteiger partial charge is 0.493 e.